The highest BCUT2D eigenvalue weighted by Crippen LogP contribution is 2.12. The Morgan fingerprint density at radius 3 is 2.23 bits per heavy atom. The quantitative estimate of drug-likeness (QED) is 0.669. The third-order valence-corrected chi connectivity index (χ3v) is 2.87. The van der Waals surface area contributed by atoms with Gasteiger partial charge in [-0.2, -0.15) is 5.26 Å². The Kier molecular flexibility index (Phi) is 4.68. The van der Waals surface area contributed by atoms with Crippen LogP contribution in [0.4, 0.5) is 5.69 Å². The van der Waals surface area contributed by atoms with Crippen LogP contribution in [-0.2, 0) is 4.79 Å². The molecule has 2 aromatic carbocycles. The number of carboxylic acids is 1. The van der Waals surface area contributed by atoms with Gasteiger partial charge in [0, 0.05) is 5.69 Å². The van der Waals surface area contributed by atoms with E-state index in [4.69, 9.17) is 10.4 Å². The molecule has 0 saturated carbocycles. The average molecular weight is 292 g/mol. The maximum absolute atomic E-state index is 12.0. The van der Waals surface area contributed by atoms with Crippen LogP contribution in [0.1, 0.15) is 15.9 Å². The lowest BCUT2D eigenvalue weighted by Crippen LogP contribution is -2.13. The van der Waals surface area contributed by atoms with Crippen LogP contribution in [0.15, 0.2) is 60.2 Å². The number of hydrogen-bond donors (Lipinski definition) is 2. The number of rotatable bonds is 4. The van der Waals surface area contributed by atoms with E-state index in [0.29, 0.717) is 5.69 Å². The second kappa shape index (κ2) is 6.86. The number of hydrogen-bond acceptors (Lipinski definition) is 3. The van der Waals surface area contributed by atoms with E-state index in [-0.39, 0.29) is 11.1 Å². The lowest BCUT2D eigenvalue weighted by molar-refractivity contribution is -0.112. The molecule has 0 aliphatic carbocycles. The van der Waals surface area contributed by atoms with E-state index in [1.54, 1.807) is 12.1 Å². The van der Waals surface area contributed by atoms with Gasteiger partial charge < -0.3 is 10.4 Å². The topological polar surface area (TPSA) is 90.2 Å². The normalized spacial score (nSPS) is 10.6. The molecule has 0 aliphatic rings. The van der Waals surface area contributed by atoms with Crippen molar-refractivity contribution < 1.29 is 14.7 Å². The summed E-state index contributed by atoms with van der Waals surface area (Å²) in [5.41, 5.74) is 1.26. The molecule has 108 valence electrons. The van der Waals surface area contributed by atoms with E-state index in [9.17, 15) is 9.59 Å². The van der Waals surface area contributed by atoms with Crippen molar-refractivity contribution in [2.75, 3.05) is 5.32 Å². The zero-order chi connectivity index (χ0) is 15.9. The zero-order valence-corrected chi connectivity index (χ0v) is 11.5. The average Bonchev–Trinajstić information content (AvgIpc) is 2.54. The van der Waals surface area contributed by atoms with Crippen LogP contribution in [-0.4, -0.2) is 17.0 Å². The molecule has 0 saturated heterocycles. The molecule has 0 bridgehead atoms. The van der Waals surface area contributed by atoms with Gasteiger partial charge in [0.2, 0.25) is 0 Å². The summed E-state index contributed by atoms with van der Waals surface area (Å²) in [6.07, 6.45) is 1.49. The molecule has 0 fully saturated rings. The van der Waals surface area contributed by atoms with Gasteiger partial charge in [-0.1, -0.05) is 30.3 Å². The van der Waals surface area contributed by atoms with Gasteiger partial charge in [0.05, 0.1) is 5.56 Å². The number of carbonyl (C=O) groups excluding carboxylic acids is 1. The molecule has 0 aromatic heterocycles. The monoisotopic (exact) mass is 292 g/mol. The summed E-state index contributed by atoms with van der Waals surface area (Å²) in [4.78, 5) is 22.8. The molecule has 0 aliphatic heterocycles. The Labute approximate surface area is 127 Å². The predicted octanol–water partition coefficient (Wildman–Crippen LogP) is 2.93. The summed E-state index contributed by atoms with van der Waals surface area (Å²) < 4.78 is 0. The van der Waals surface area contributed by atoms with Gasteiger partial charge in [0.1, 0.15) is 11.6 Å². The highest BCUT2D eigenvalue weighted by atomic mass is 16.4. The Hall–Kier alpha value is -3.39. The third-order valence-electron chi connectivity index (χ3n) is 2.87. The number of aromatic carboxylic acids is 1. The molecular formula is C17H12N2O3. The van der Waals surface area contributed by atoms with E-state index in [1.165, 1.54) is 30.3 Å². The predicted molar refractivity (Wildman–Crippen MR) is 82.1 cm³/mol. The molecule has 1 amide bonds. The van der Waals surface area contributed by atoms with Crippen LogP contribution in [0.2, 0.25) is 0 Å². The van der Waals surface area contributed by atoms with Crippen molar-refractivity contribution in [3.63, 3.8) is 0 Å². The van der Waals surface area contributed by atoms with Crippen molar-refractivity contribution in [1.29, 1.82) is 5.26 Å². The fourth-order valence-electron chi connectivity index (χ4n) is 1.76. The van der Waals surface area contributed by atoms with Crippen LogP contribution in [0.5, 0.6) is 0 Å². The standard InChI is InChI=1S/C17H12N2O3/c18-11-14(10-12-4-2-1-3-5-12)16(20)19-15-8-6-13(7-9-15)17(21)22/h1-10H,(H,19,20)(H,21,22)/b14-10+. The molecule has 2 rings (SSSR count). The minimum atomic E-state index is -1.04. The van der Waals surface area contributed by atoms with E-state index in [2.05, 4.69) is 5.32 Å². The van der Waals surface area contributed by atoms with Crippen molar-refractivity contribution in [1.82, 2.24) is 0 Å². The Bertz CT molecular complexity index is 757. The number of carboxylic acid groups (broad SMARTS) is 1. The molecule has 5 heteroatoms. The third kappa shape index (κ3) is 3.81. The molecule has 0 spiro atoms. The number of nitrogens with zero attached hydrogens (tertiary/aromatic N) is 1. The molecule has 0 radical (unpaired) electrons. The lowest BCUT2D eigenvalue weighted by atomic mass is 10.1. The largest absolute Gasteiger partial charge is 0.478 e. The highest BCUT2D eigenvalue weighted by Gasteiger charge is 2.10. The fourth-order valence-corrected chi connectivity index (χ4v) is 1.76. The minimum absolute atomic E-state index is 0.0338. The SMILES string of the molecule is N#C/C(=C\c1ccccc1)C(=O)Nc1ccc(C(=O)O)cc1. The summed E-state index contributed by atoms with van der Waals surface area (Å²) in [6.45, 7) is 0. The molecule has 0 atom stereocenters. The van der Waals surface area contributed by atoms with Gasteiger partial charge in [0.25, 0.3) is 5.91 Å². The van der Waals surface area contributed by atoms with Crippen molar-refractivity contribution in [3.05, 3.63) is 71.3 Å². The van der Waals surface area contributed by atoms with Crippen LogP contribution in [0.3, 0.4) is 0 Å². The van der Waals surface area contributed by atoms with E-state index < -0.39 is 11.9 Å². The zero-order valence-electron chi connectivity index (χ0n) is 11.5. The summed E-state index contributed by atoms with van der Waals surface area (Å²) in [6, 6.07) is 16.6. The lowest BCUT2D eigenvalue weighted by Gasteiger charge is -2.04. The van der Waals surface area contributed by atoms with Crippen molar-refractivity contribution in [3.8, 4) is 6.07 Å². The smallest absolute Gasteiger partial charge is 0.335 e. The summed E-state index contributed by atoms with van der Waals surface area (Å²) >= 11 is 0. The number of nitriles is 1. The van der Waals surface area contributed by atoms with Gasteiger partial charge >= 0.3 is 5.97 Å². The second-order valence-corrected chi connectivity index (χ2v) is 4.42. The van der Waals surface area contributed by atoms with E-state index in [0.717, 1.165) is 5.56 Å². The molecule has 22 heavy (non-hydrogen) atoms. The number of amides is 1. The Morgan fingerprint density at radius 2 is 1.68 bits per heavy atom. The Balaban J connectivity index is 2.15. The van der Waals surface area contributed by atoms with Gasteiger partial charge in [0.15, 0.2) is 0 Å². The van der Waals surface area contributed by atoms with Crippen LogP contribution in [0, 0.1) is 11.3 Å². The summed E-state index contributed by atoms with van der Waals surface area (Å²) in [5.74, 6) is -1.59. The maximum atomic E-state index is 12.0. The van der Waals surface area contributed by atoms with Gasteiger partial charge in [-0.25, -0.2) is 4.79 Å². The van der Waals surface area contributed by atoms with Gasteiger partial charge in [-0.05, 0) is 35.9 Å². The number of carbonyl (C=O) groups is 2. The maximum Gasteiger partial charge on any atom is 0.335 e. The fraction of sp³-hybridized carbons (Fsp3) is 0. The first kappa shape index (κ1) is 15.0. The highest BCUT2D eigenvalue weighted by molar-refractivity contribution is 6.09. The molecule has 0 heterocycles. The minimum Gasteiger partial charge on any atom is -0.478 e. The number of anilines is 1. The van der Waals surface area contributed by atoms with Crippen molar-refractivity contribution >= 4 is 23.6 Å². The first-order chi connectivity index (χ1) is 10.6. The van der Waals surface area contributed by atoms with Crippen LogP contribution >= 0.6 is 0 Å². The number of nitrogens with one attached hydrogen (secondary N) is 1. The first-order valence-electron chi connectivity index (χ1n) is 6.41. The van der Waals surface area contributed by atoms with Gasteiger partial charge in [-0.15, -0.1) is 0 Å². The summed E-state index contributed by atoms with van der Waals surface area (Å²) in [7, 11) is 0. The van der Waals surface area contributed by atoms with Crippen LogP contribution < -0.4 is 5.32 Å². The molecular weight excluding hydrogens is 280 g/mol. The molecule has 2 aromatic rings. The molecule has 5 nitrogen and oxygen atoms in total. The van der Waals surface area contributed by atoms with E-state index >= 15 is 0 Å². The molecule has 2 N–H and O–H groups in total. The number of benzene rings is 2. The van der Waals surface area contributed by atoms with Crippen LogP contribution in [0.25, 0.3) is 6.08 Å². The van der Waals surface area contributed by atoms with E-state index in [1.807, 2.05) is 24.3 Å². The second-order valence-electron chi connectivity index (χ2n) is 4.42. The Morgan fingerprint density at radius 1 is 1.05 bits per heavy atom. The molecule has 0 unspecified atom stereocenters. The van der Waals surface area contributed by atoms with Crippen molar-refractivity contribution in [2.24, 2.45) is 0 Å². The van der Waals surface area contributed by atoms with Gasteiger partial charge in [-0.3, -0.25) is 4.79 Å². The van der Waals surface area contributed by atoms with Crippen molar-refractivity contribution in [2.45, 2.75) is 0 Å². The summed E-state index contributed by atoms with van der Waals surface area (Å²) in [5, 5.41) is 20.5. The first-order valence-corrected chi connectivity index (χ1v) is 6.41.